The highest BCUT2D eigenvalue weighted by atomic mass is 32.2. The average molecular weight is 404 g/mol. The van der Waals surface area contributed by atoms with Gasteiger partial charge in [0.25, 0.3) is 0 Å². The van der Waals surface area contributed by atoms with Crippen molar-refractivity contribution in [1.29, 1.82) is 0 Å². The van der Waals surface area contributed by atoms with E-state index in [-0.39, 0.29) is 24.7 Å². The molecular formula is C17H26F2N4O3S. The van der Waals surface area contributed by atoms with Gasteiger partial charge in [0, 0.05) is 32.0 Å². The standard InChI is InChI=1S/C17H26F2N4O3S/c1-23(2)15(24)11-22-17(20-7-8-27-4)21-10-12-9-13(25-3)5-6-14(12)26-16(18)19/h5-6,9,16H,7-8,10-11H2,1-4H3,(H2,20,21,22). The third kappa shape index (κ3) is 8.80. The number of guanidine groups is 1. The van der Waals surface area contributed by atoms with Gasteiger partial charge in [0.1, 0.15) is 11.5 Å². The molecule has 10 heteroatoms. The maximum absolute atomic E-state index is 12.6. The van der Waals surface area contributed by atoms with Gasteiger partial charge in [-0.15, -0.1) is 0 Å². The second-order valence-corrected chi connectivity index (χ2v) is 6.56. The SMILES string of the molecule is COc1ccc(OC(F)F)c(CN=C(NCCSC)NCC(=O)N(C)C)c1. The Morgan fingerprint density at radius 3 is 2.67 bits per heavy atom. The van der Waals surface area contributed by atoms with Crippen LogP contribution in [0.15, 0.2) is 23.2 Å². The fourth-order valence-electron chi connectivity index (χ4n) is 1.94. The van der Waals surface area contributed by atoms with Crippen molar-refractivity contribution in [2.24, 2.45) is 4.99 Å². The number of hydrogen-bond acceptors (Lipinski definition) is 5. The van der Waals surface area contributed by atoms with Crippen molar-refractivity contribution in [2.45, 2.75) is 13.2 Å². The molecule has 1 aromatic rings. The van der Waals surface area contributed by atoms with E-state index in [9.17, 15) is 13.6 Å². The van der Waals surface area contributed by atoms with Crippen LogP contribution in [0.25, 0.3) is 0 Å². The normalized spacial score (nSPS) is 11.3. The smallest absolute Gasteiger partial charge is 0.387 e. The topological polar surface area (TPSA) is 75.2 Å². The van der Waals surface area contributed by atoms with Crippen molar-refractivity contribution in [3.05, 3.63) is 23.8 Å². The van der Waals surface area contributed by atoms with Gasteiger partial charge in [-0.05, 0) is 24.5 Å². The molecule has 0 aromatic heterocycles. The van der Waals surface area contributed by atoms with E-state index in [1.165, 1.54) is 24.1 Å². The summed E-state index contributed by atoms with van der Waals surface area (Å²) in [6, 6.07) is 4.54. The van der Waals surface area contributed by atoms with Gasteiger partial charge in [0.05, 0.1) is 20.2 Å². The Morgan fingerprint density at radius 1 is 1.33 bits per heavy atom. The number of carbonyl (C=O) groups is 1. The molecule has 0 heterocycles. The molecule has 1 amide bonds. The molecule has 1 rings (SSSR count). The third-order valence-corrected chi connectivity index (χ3v) is 4.01. The molecule has 0 fully saturated rings. The zero-order valence-electron chi connectivity index (χ0n) is 15.9. The Balaban J connectivity index is 2.92. The van der Waals surface area contributed by atoms with Crippen LogP contribution in [-0.2, 0) is 11.3 Å². The molecule has 0 aliphatic heterocycles. The Morgan fingerprint density at radius 2 is 2.07 bits per heavy atom. The molecule has 27 heavy (non-hydrogen) atoms. The Hall–Kier alpha value is -2.23. The molecule has 0 aliphatic rings. The molecule has 2 N–H and O–H groups in total. The fraction of sp³-hybridized carbons (Fsp3) is 0.529. The lowest BCUT2D eigenvalue weighted by atomic mass is 10.2. The van der Waals surface area contributed by atoms with E-state index in [2.05, 4.69) is 20.4 Å². The van der Waals surface area contributed by atoms with Gasteiger partial charge in [0.15, 0.2) is 5.96 Å². The van der Waals surface area contributed by atoms with Gasteiger partial charge >= 0.3 is 6.61 Å². The summed E-state index contributed by atoms with van der Waals surface area (Å²) in [6.07, 6.45) is 1.98. The minimum Gasteiger partial charge on any atom is -0.497 e. The lowest BCUT2D eigenvalue weighted by molar-refractivity contribution is -0.127. The number of nitrogens with zero attached hydrogens (tertiary/aromatic N) is 2. The summed E-state index contributed by atoms with van der Waals surface area (Å²) in [4.78, 5) is 17.6. The van der Waals surface area contributed by atoms with Crippen molar-refractivity contribution in [3.8, 4) is 11.5 Å². The van der Waals surface area contributed by atoms with Crippen molar-refractivity contribution in [1.82, 2.24) is 15.5 Å². The number of nitrogens with one attached hydrogen (secondary N) is 2. The van der Waals surface area contributed by atoms with Gasteiger partial charge in [-0.2, -0.15) is 20.5 Å². The number of likely N-dealkylation sites (N-methyl/N-ethyl adjacent to an activating group) is 1. The van der Waals surface area contributed by atoms with Crippen LogP contribution in [0.1, 0.15) is 5.56 Å². The first-order chi connectivity index (χ1) is 12.9. The van der Waals surface area contributed by atoms with E-state index >= 15 is 0 Å². The second kappa shape index (κ2) is 12.2. The molecule has 1 aromatic carbocycles. The molecular weight excluding hydrogens is 378 g/mol. The molecule has 0 saturated carbocycles. The lowest BCUT2D eigenvalue weighted by Crippen LogP contribution is -2.43. The van der Waals surface area contributed by atoms with Crippen LogP contribution in [0.4, 0.5) is 8.78 Å². The van der Waals surface area contributed by atoms with E-state index in [0.29, 0.717) is 23.8 Å². The third-order valence-electron chi connectivity index (χ3n) is 3.40. The van der Waals surface area contributed by atoms with Crippen molar-refractivity contribution in [2.75, 3.05) is 46.3 Å². The summed E-state index contributed by atoms with van der Waals surface area (Å²) in [5, 5.41) is 6.04. The van der Waals surface area contributed by atoms with Gasteiger partial charge in [0.2, 0.25) is 5.91 Å². The van der Waals surface area contributed by atoms with Crippen LogP contribution in [-0.4, -0.2) is 69.7 Å². The predicted molar refractivity (Wildman–Crippen MR) is 104 cm³/mol. The molecule has 152 valence electrons. The minimum atomic E-state index is -2.93. The summed E-state index contributed by atoms with van der Waals surface area (Å²) >= 11 is 1.66. The highest BCUT2D eigenvalue weighted by molar-refractivity contribution is 7.98. The number of alkyl halides is 2. The van der Waals surface area contributed by atoms with E-state index in [1.54, 1.807) is 31.9 Å². The largest absolute Gasteiger partial charge is 0.497 e. The zero-order chi connectivity index (χ0) is 20.2. The quantitative estimate of drug-likeness (QED) is 0.352. The lowest BCUT2D eigenvalue weighted by Gasteiger charge is -2.15. The number of rotatable bonds is 10. The molecule has 0 aliphatic carbocycles. The summed E-state index contributed by atoms with van der Waals surface area (Å²) in [7, 11) is 4.80. The number of halogens is 2. The van der Waals surface area contributed by atoms with E-state index < -0.39 is 6.61 Å². The van der Waals surface area contributed by atoms with Crippen molar-refractivity contribution >= 4 is 23.6 Å². The van der Waals surface area contributed by atoms with E-state index in [4.69, 9.17) is 4.74 Å². The van der Waals surface area contributed by atoms with E-state index in [1.807, 2.05) is 6.26 Å². The number of carbonyl (C=O) groups excluding carboxylic acids is 1. The van der Waals surface area contributed by atoms with Crippen molar-refractivity contribution in [3.63, 3.8) is 0 Å². The Kier molecular flexibility index (Phi) is 10.3. The molecule has 0 unspecified atom stereocenters. The van der Waals surface area contributed by atoms with Crippen LogP contribution in [0.5, 0.6) is 11.5 Å². The highest BCUT2D eigenvalue weighted by Gasteiger charge is 2.12. The molecule has 7 nitrogen and oxygen atoms in total. The number of hydrogen-bond donors (Lipinski definition) is 2. The predicted octanol–water partition coefficient (Wildman–Crippen LogP) is 1.78. The van der Waals surface area contributed by atoms with Crippen LogP contribution >= 0.6 is 11.8 Å². The average Bonchev–Trinajstić information content (AvgIpc) is 2.63. The van der Waals surface area contributed by atoms with Gasteiger partial charge in [-0.25, -0.2) is 4.99 Å². The number of methoxy groups -OCH3 is 1. The molecule has 0 radical (unpaired) electrons. The van der Waals surface area contributed by atoms with Crippen LogP contribution in [0, 0.1) is 0 Å². The molecule has 0 saturated heterocycles. The maximum Gasteiger partial charge on any atom is 0.387 e. The summed E-state index contributed by atoms with van der Waals surface area (Å²) in [5.74, 6) is 1.68. The molecule has 0 spiro atoms. The Bertz CT molecular complexity index is 630. The van der Waals surface area contributed by atoms with Crippen LogP contribution < -0.4 is 20.1 Å². The molecule has 0 atom stereocenters. The van der Waals surface area contributed by atoms with Crippen LogP contribution in [0.2, 0.25) is 0 Å². The highest BCUT2D eigenvalue weighted by Crippen LogP contribution is 2.26. The second-order valence-electron chi connectivity index (χ2n) is 5.58. The fourth-order valence-corrected chi connectivity index (χ4v) is 2.25. The first-order valence-corrected chi connectivity index (χ1v) is 9.59. The van der Waals surface area contributed by atoms with Gasteiger partial charge in [-0.1, -0.05) is 0 Å². The summed E-state index contributed by atoms with van der Waals surface area (Å²) < 4.78 is 34.9. The van der Waals surface area contributed by atoms with Gasteiger partial charge in [-0.3, -0.25) is 4.79 Å². The number of amides is 1. The monoisotopic (exact) mass is 404 g/mol. The zero-order valence-corrected chi connectivity index (χ0v) is 16.7. The first kappa shape index (κ1) is 22.8. The molecule has 0 bridgehead atoms. The van der Waals surface area contributed by atoms with Gasteiger partial charge < -0.3 is 25.0 Å². The summed E-state index contributed by atoms with van der Waals surface area (Å²) in [5.41, 5.74) is 0.444. The maximum atomic E-state index is 12.6. The number of ether oxygens (including phenoxy) is 2. The summed E-state index contributed by atoms with van der Waals surface area (Å²) in [6.45, 7) is -2.15. The minimum absolute atomic E-state index is 0.0300. The van der Waals surface area contributed by atoms with Crippen LogP contribution in [0.3, 0.4) is 0 Å². The number of aliphatic imine (C=N–C) groups is 1. The van der Waals surface area contributed by atoms with Crippen molar-refractivity contribution < 1.29 is 23.0 Å². The van der Waals surface area contributed by atoms with E-state index in [0.717, 1.165) is 5.75 Å². The first-order valence-electron chi connectivity index (χ1n) is 8.20. The number of thioether (sulfide) groups is 1. The Labute approximate surface area is 162 Å². The number of benzene rings is 1.